The Bertz CT molecular complexity index is 394. The Kier molecular flexibility index (Phi) is 23.4. The van der Waals surface area contributed by atoms with E-state index in [4.69, 9.17) is 9.90 Å². The van der Waals surface area contributed by atoms with E-state index in [1.54, 1.807) is 0 Å². The highest BCUT2D eigenvalue weighted by molar-refractivity contribution is 5.74. The van der Waals surface area contributed by atoms with Gasteiger partial charge in [-0.1, -0.05) is 104 Å². The van der Waals surface area contributed by atoms with Crippen molar-refractivity contribution in [1.82, 2.24) is 5.43 Å². The number of hydrogen-bond acceptors (Lipinski definition) is 2. The number of quaternary nitrogens is 1. The van der Waals surface area contributed by atoms with Gasteiger partial charge in [-0.15, -0.1) is 0 Å². The Morgan fingerprint density at radius 1 is 0.667 bits per heavy atom. The zero-order chi connectivity index (χ0) is 23.1. The van der Waals surface area contributed by atoms with Gasteiger partial charge in [0.2, 0.25) is 0 Å². The molecule has 0 unspecified atom stereocenters. The molecule has 0 rings (SSSR count). The fraction of sp³-hybridized carbons (Fsp3) is 0.920. The van der Waals surface area contributed by atoms with Gasteiger partial charge in [-0.2, -0.15) is 0 Å². The van der Waals surface area contributed by atoms with Crippen LogP contribution in [0.25, 0.3) is 0 Å². The van der Waals surface area contributed by atoms with Crippen LogP contribution in [0.2, 0.25) is 0 Å². The Morgan fingerprint density at radius 3 is 1.33 bits per heavy atom. The highest BCUT2D eigenvalue weighted by Crippen LogP contribution is 2.13. The predicted molar refractivity (Wildman–Crippen MR) is 128 cm³/mol. The van der Waals surface area contributed by atoms with E-state index >= 15 is 0 Å². The summed E-state index contributed by atoms with van der Waals surface area (Å²) in [6, 6.07) is 0. The fourth-order valence-electron chi connectivity index (χ4n) is 3.67. The third kappa shape index (κ3) is 29.1. The molecule has 5 heteroatoms. The highest BCUT2D eigenvalue weighted by atomic mass is 16.4. The monoisotopic (exact) mass is 429 g/mol. The number of rotatable bonds is 19. The summed E-state index contributed by atoms with van der Waals surface area (Å²) in [4.78, 5) is 20.9. The number of nitrogens with one attached hydrogen (secondary N) is 1. The lowest BCUT2D eigenvalue weighted by Gasteiger charge is -2.28. The Balaban J connectivity index is 0. The first kappa shape index (κ1) is 31.1. The molecule has 0 heterocycles. The second kappa shape index (κ2) is 22.6. The van der Waals surface area contributed by atoms with E-state index in [0.717, 1.165) is 26.3 Å². The van der Waals surface area contributed by atoms with Crippen molar-refractivity contribution in [2.45, 2.75) is 130 Å². The van der Waals surface area contributed by atoms with E-state index in [2.05, 4.69) is 33.4 Å². The molecule has 0 radical (unpaired) electrons. The Labute approximate surface area is 187 Å². The van der Waals surface area contributed by atoms with Crippen molar-refractivity contribution in [3.05, 3.63) is 0 Å². The smallest absolute Gasteiger partial charge is 0.300 e. The minimum absolute atomic E-state index is 0.207. The van der Waals surface area contributed by atoms with E-state index in [1.807, 2.05) is 0 Å². The fourth-order valence-corrected chi connectivity index (χ4v) is 3.67. The number of carbonyl (C=O) groups is 2. The van der Waals surface area contributed by atoms with Crippen LogP contribution in [0.15, 0.2) is 0 Å². The van der Waals surface area contributed by atoms with Gasteiger partial charge in [-0.3, -0.25) is 9.59 Å². The molecule has 0 aromatic carbocycles. The number of carbonyl (C=O) groups excluding carboxylic acids is 1. The standard InChI is InChI=1S/C23H48N2O.C2H4O2/c1-5-7-8-9-10-11-12-13-14-15-16-17-18-19-20-21-23(26)24-25(3,4)22-6-2;1-2(3)4/h5-22H2,1-4H3;1H3,(H,3,4)/p+1. The van der Waals surface area contributed by atoms with Crippen LogP contribution in [-0.2, 0) is 9.59 Å². The van der Waals surface area contributed by atoms with Crippen LogP contribution in [0, 0.1) is 0 Å². The van der Waals surface area contributed by atoms with E-state index in [0.29, 0.717) is 11.0 Å². The second-order valence-electron chi connectivity index (χ2n) is 9.16. The van der Waals surface area contributed by atoms with Crippen LogP contribution in [0.4, 0.5) is 0 Å². The molecule has 0 aromatic rings. The maximum absolute atomic E-state index is 11.9. The number of nitrogens with zero attached hydrogens (tertiary/aromatic N) is 1. The zero-order valence-corrected chi connectivity index (χ0v) is 20.9. The number of hydrogen-bond donors (Lipinski definition) is 2. The molecule has 30 heavy (non-hydrogen) atoms. The summed E-state index contributed by atoms with van der Waals surface area (Å²) in [6.45, 7) is 6.51. The molecular formula is C25H53N2O3+. The molecule has 0 aliphatic heterocycles. The third-order valence-electron chi connectivity index (χ3n) is 5.22. The number of aliphatic carboxylic acids is 1. The van der Waals surface area contributed by atoms with Gasteiger partial charge in [0.25, 0.3) is 11.9 Å². The van der Waals surface area contributed by atoms with Crippen molar-refractivity contribution >= 4 is 11.9 Å². The summed E-state index contributed by atoms with van der Waals surface area (Å²) in [5.41, 5.74) is 3.11. The van der Waals surface area contributed by atoms with Gasteiger partial charge < -0.3 is 5.11 Å². The molecule has 0 bridgehead atoms. The van der Waals surface area contributed by atoms with Gasteiger partial charge in [0.15, 0.2) is 0 Å². The number of carboxylic acid groups (broad SMARTS) is 1. The van der Waals surface area contributed by atoms with E-state index in [-0.39, 0.29) is 5.91 Å². The molecule has 2 N–H and O–H groups in total. The number of unbranched alkanes of at least 4 members (excludes halogenated alkanes) is 14. The van der Waals surface area contributed by atoms with Crippen LogP contribution in [0.5, 0.6) is 0 Å². The Morgan fingerprint density at radius 2 is 1.00 bits per heavy atom. The first-order valence-electron chi connectivity index (χ1n) is 12.6. The van der Waals surface area contributed by atoms with Crippen LogP contribution < -0.4 is 5.43 Å². The molecular weight excluding hydrogens is 376 g/mol. The predicted octanol–water partition coefficient (Wildman–Crippen LogP) is 6.86. The molecule has 0 saturated heterocycles. The van der Waals surface area contributed by atoms with Gasteiger partial charge in [0.1, 0.15) is 6.54 Å². The lowest BCUT2D eigenvalue weighted by atomic mass is 10.0. The molecule has 0 aliphatic carbocycles. The van der Waals surface area contributed by atoms with Gasteiger partial charge in [0, 0.05) is 13.3 Å². The summed E-state index contributed by atoms with van der Waals surface area (Å²) >= 11 is 0. The van der Waals surface area contributed by atoms with Crippen LogP contribution in [-0.4, -0.2) is 42.2 Å². The van der Waals surface area contributed by atoms with Crippen molar-refractivity contribution in [1.29, 1.82) is 0 Å². The number of carboxylic acids is 1. The maximum Gasteiger partial charge on any atom is 0.300 e. The van der Waals surface area contributed by atoms with Crippen molar-refractivity contribution < 1.29 is 19.3 Å². The van der Waals surface area contributed by atoms with Crippen LogP contribution >= 0.6 is 0 Å². The minimum atomic E-state index is -0.833. The molecule has 0 atom stereocenters. The summed E-state index contributed by atoms with van der Waals surface area (Å²) in [5, 5.41) is 7.42. The van der Waals surface area contributed by atoms with Gasteiger partial charge in [-0.05, 0) is 12.8 Å². The Hall–Kier alpha value is -1.10. The van der Waals surface area contributed by atoms with Gasteiger partial charge in [-0.25, -0.2) is 10.0 Å². The first-order valence-corrected chi connectivity index (χ1v) is 12.6. The SMILES string of the molecule is CC(=O)O.CCCCCCCCCCCCCCCCCC(=O)N[N+](C)(C)CCC. The molecule has 0 saturated carbocycles. The van der Waals surface area contributed by atoms with Crippen molar-refractivity contribution in [2.24, 2.45) is 0 Å². The maximum atomic E-state index is 11.9. The normalized spacial score (nSPS) is 11.0. The zero-order valence-electron chi connectivity index (χ0n) is 20.9. The van der Waals surface area contributed by atoms with Crippen molar-refractivity contribution in [2.75, 3.05) is 20.6 Å². The molecule has 5 nitrogen and oxygen atoms in total. The number of amides is 1. The summed E-state index contributed by atoms with van der Waals surface area (Å²) in [5.74, 6) is -0.627. The quantitative estimate of drug-likeness (QED) is 0.134. The van der Waals surface area contributed by atoms with Crippen molar-refractivity contribution in [3.63, 3.8) is 0 Å². The van der Waals surface area contributed by atoms with E-state index in [1.165, 1.54) is 89.9 Å². The minimum Gasteiger partial charge on any atom is -0.481 e. The topological polar surface area (TPSA) is 66.4 Å². The molecule has 0 spiro atoms. The van der Waals surface area contributed by atoms with Gasteiger partial charge in [0.05, 0.1) is 14.1 Å². The average molecular weight is 430 g/mol. The van der Waals surface area contributed by atoms with Crippen LogP contribution in [0.3, 0.4) is 0 Å². The van der Waals surface area contributed by atoms with Crippen molar-refractivity contribution in [3.8, 4) is 0 Å². The molecule has 0 aliphatic rings. The lowest BCUT2D eigenvalue weighted by molar-refractivity contribution is -0.925. The van der Waals surface area contributed by atoms with Crippen LogP contribution in [0.1, 0.15) is 130 Å². The molecule has 1 amide bonds. The summed E-state index contributed by atoms with van der Waals surface area (Å²) in [7, 11) is 4.13. The molecule has 180 valence electrons. The first-order chi connectivity index (χ1) is 14.2. The second-order valence-corrected chi connectivity index (χ2v) is 9.16. The van der Waals surface area contributed by atoms with Gasteiger partial charge >= 0.3 is 0 Å². The molecule has 0 fully saturated rings. The molecule has 0 aromatic heterocycles. The van der Waals surface area contributed by atoms with E-state index < -0.39 is 5.97 Å². The van der Waals surface area contributed by atoms with E-state index in [9.17, 15) is 4.79 Å². The lowest BCUT2D eigenvalue weighted by Crippen LogP contribution is -2.54. The summed E-state index contributed by atoms with van der Waals surface area (Å²) < 4.78 is 0.605. The highest BCUT2D eigenvalue weighted by Gasteiger charge is 2.16. The summed E-state index contributed by atoms with van der Waals surface area (Å²) in [6.07, 6.45) is 22.3. The largest absolute Gasteiger partial charge is 0.481 e. The average Bonchev–Trinajstić information content (AvgIpc) is 2.64. The third-order valence-corrected chi connectivity index (χ3v) is 5.22.